The maximum Gasteiger partial charge on any atom is 0.245 e. The highest BCUT2D eigenvalue weighted by atomic mass is 35.5. The van der Waals surface area contributed by atoms with Gasteiger partial charge in [0.1, 0.15) is 9.23 Å². The Labute approximate surface area is 134 Å². The Bertz CT molecular complexity index is 560. The molecule has 0 spiro atoms. The third-order valence-electron chi connectivity index (χ3n) is 3.31. The minimum atomic E-state index is -3.54. The molecule has 0 aliphatic carbocycles. The number of halogens is 2. The summed E-state index contributed by atoms with van der Waals surface area (Å²) in [5.41, 5.74) is 0. The summed E-state index contributed by atoms with van der Waals surface area (Å²) in [6.45, 7) is 4.03. The van der Waals surface area contributed by atoms with Crippen LogP contribution in [0.25, 0.3) is 0 Å². The van der Waals surface area contributed by atoms with Gasteiger partial charge in [0.2, 0.25) is 10.0 Å². The van der Waals surface area contributed by atoms with Crippen molar-refractivity contribution in [3.8, 4) is 0 Å². The molecule has 1 N–H and O–H groups in total. The van der Waals surface area contributed by atoms with Crippen molar-refractivity contribution in [3.63, 3.8) is 0 Å². The van der Waals surface area contributed by atoms with Crippen LogP contribution >= 0.6 is 34.5 Å². The summed E-state index contributed by atoms with van der Waals surface area (Å²) in [4.78, 5) is 0.130. The van der Waals surface area contributed by atoms with E-state index in [1.807, 2.05) is 0 Å². The highest BCUT2D eigenvalue weighted by molar-refractivity contribution is 7.89. The molecule has 0 bridgehead atoms. The van der Waals surface area contributed by atoms with Gasteiger partial charge in [-0.1, -0.05) is 30.1 Å². The quantitative estimate of drug-likeness (QED) is 0.880. The van der Waals surface area contributed by atoms with Gasteiger partial charge in [-0.05, 0) is 31.9 Å². The summed E-state index contributed by atoms with van der Waals surface area (Å²) in [6.07, 6.45) is 2.90. The highest BCUT2D eigenvalue weighted by Crippen LogP contribution is 2.36. The molecular formula is C12H18Cl2N2O2S2. The fraction of sp³-hybridized carbons (Fsp3) is 0.667. The number of nitrogens with zero attached hydrogens (tertiary/aromatic N) is 1. The number of sulfonamides is 1. The van der Waals surface area contributed by atoms with Crippen LogP contribution < -0.4 is 5.32 Å². The molecule has 1 saturated heterocycles. The minimum Gasteiger partial charge on any atom is -0.313 e. The van der Waals surface area contributed by atoms with Crippen LogP contribution in [-0.2, 0) is 10.0 Å². The molecule has 4 nitrogen and oxygen atoms in total. The second-order valence-corrected chi connectivity index (χ2v) is 9.04. The van der Waals surface area contributed by atoms with Crippen molar-refractivity contribution >= 4 is 44.6 Å². The van der Waals surface area contributed by atoms with E-state index in [2.05, 4.69) is 12.2 Å². The lowest BCUT2D eigenvalue weighted by molar-refractivity contribution is 0.284. The average Bonchev–Trinajstić information content (AvgIpc) is 2.76. The summed E-state index contributed by atoms with van der Waals surface area (Å²) in [7, 11) is -3.54. The van der Waals surface area contributed by atoms with Gasteiger partial charge >= 0.3 is 0 Å². The fourth-order valence-corrected chi connectivity index (χ4v) is 5.95. The SMILES string of the molecule is CCCNC1CCCN(S(=O)(=O)c2cc(Cl)sc2Cl)C1. The highest BCUT2D eigenvalue weighted by Gasteiger charge is 2.32. The molecule has 1 aromatic rings. The van der Waals surface area contributed by atoms with Crippen molar-refractivity contribution < 1.29 is 8.42 Å². The Morgan fingerprint density at radius 3 is 2.85 bits per heavy atom. The van der Waals surface area contributed by atoms with Crippen molar-refractivity contribution in [2.24, 2.45) is 0 Å². The Hall–Kier alpha value is 0.150. The summed E-state index contributed by atoms with van der Waals surface area (Å²) >= 11 is 12.9. The largest absolute Gasteiger partial charge is 0.313 e. The molecule has 114 valence electrons. The van der Waals surface area contributed by atoms with Crippen LogP contribution in [0.5, 0.6) is 0 Å². The zero-order valence-electron chi connectivity index (χ0n) is 11.2. The molecule has 1 aliphatic rings. The van der Waals surface area contributed by atoms with Crippen molar-refractivity contribution in [2.45, 2.75) is 37.1 Å². The predicted octanol–water partition coefficient (Wildman–Crippen LogP) is 3.21. The molecule has 2 heterocycles. The molecule has 1 atom stereocenters. The van der Waals surface area contributed by atoms with Gasteiger partial charge in [0, 0.05) is 19.1 Å². The Morgan fingerprint density at radius 1 is 1.50 bits per heavy atom. The standard InChI is InChI=1S/C12H18Cl2N2O2S2/c1-2-5-15-9-4-3-6-16(8-9)20(17,18)10-7-11(13)19-12(10)14/h7,9,15H,2-6,8H2,1H3. The van der Waals surface area contributed by atoms with Gasteiger partial charge in [0.05, 0.1) is 4.34 Å². The molecule has 0 aromatic carbocycles. The predicted molar refractivity (Wildman–Crippen MR) is 84.4 cm³/mol. The first-order valence-electron chi connectivity index (χ1n) is 6.63. The van der Waals surface area contributed by atoms with Crippen LogP contribution in [0.15, 0.2) is 11.0 Å². The number of piperidine rings is 1. The molecule has 0 amide bonds. The van der Waals surface area contributed by atoms with Crippen molar-refractivity contribution in [3.05, 3.63) is 14.7 Å². The van der Waals surface area contributed by atoms with E-state index < -0.39 is 10.0 Å². The zero-order chi connectivity index (χ0) is 14.8. The van der Waals surface area contributed by atoms with E-state index in [0.717, 1.165) is 37.1 Å². The van der Waals surface area contributed by atoms with E-state index in [0.29, 0.717) is 17.4 Å². The molecule has 1 fully saturated rings. The lowest BCUT2D eigenvalue weighted by atomic mass is 10.1. The first kappa shape index (κ1) is 16.5. The molecule has 2 rings (SSSR count). The van der Waals surface area contributed by atoms with Gasteiger partial charge in [0.25, 0.3) is 0 Å². The maximum absolute atomic E-state index is 12.6. The number of nitrogens with one attached hydrogen (secondary N) is 1. The lowest BCUT2D eigenvalue weighted by Gasteiger charge is -2.32. The van der Waals surface area contributed by atoms with Crippen LogP contribution in [-0.4, -0.2) is 38.4 Å². The van der Waals surface area contributed by atoms with E-state index in [1.54, 1.807) is 0 Å². The maximum atomic E-state index is 12.6. The van der Waals surface area contributed by atoms with Crippen LogP contribution in [0, 0.1) is 0 Å². The van der Waals surface area contributed by atoms with E-state index in [4.69, 9.17) is 23.2 Å². The minimum absolute atomic E-state index is 0.130. The van der Waals surface area contributed by atoms with E-state index >= 15 is 0 Å². The fourth-order valence-electron chi connectivity index (χ4n) is 2.32. The number of rotatable bonds is 5. The van der Waals surface area contributed by atoms with Gasteiger partial charge in [-0.25, -0.2) is 8.42 Å². The van der Waals surface area contributed by atoms with Crippen molar-refractivity contribution in [1.82, 2.24) is 9.62 Å². The van der Waals surface area contributed by atoms with Gasteiger partial charge < -0.3 is 5.32 Å². The third-order valence-corrected chi connectivity index (χ3v) is 6.93. The Balaban J connectivity index is 2.15. The first-order chi connectivity index (χ1) is 9.45. The summed E-state index contributed by atoms with van der Waals surface area (Å²) < 4.78 is 27.3. The third kappa shape index (κ3) is 3.67. The number of hydrogen-bond donors (Lipinski definition) is 1. The topological polar surface area (TPSA) is 49.4 Å². The normalized spacial score (nSPS) is 21.2. The molecule has 20 heavy (non-hydrogen) atoms. The van der Waals surface area contributed by atoms with E-state index in [9.17, 15) is 8.42 Å². The monoisotopic (exact) mass is 356 g/mol. The van der Waals surface area contributed by atoms with E-state index in [-0.39, 0.29) is 15.3 Å². The van der Waals surface area contributed by atoms with Crippen molar-refractivity contribution in [2.75, 3.05) is 19.6 Å². The Kier molecular flexibility index (Phi) is 5.73. The number of hydrogen-bond acceptors (Lipinski definition) is 4. The van der Waals surface area contributed by atoms with Gasteiger partial charge in [0.15, 0.2) is 0 Å². The van der Waals surface area contributed by atoms with Crippen LogP contribution in [0.3, 0.4) is 0 Å². The van der Waals surface area contributed by atoms with Crippen LogP contribution in [0.2, 0.25) is 8.67 Å². The van der Waals surface area contributed by atoms with Gasteiger partial charge in [-0.3, -0.25) is 0 Å². The summed E-state index contributed by atoms with van der Waals surface area (Å²) in [5.74, 6) is 0. The molecular weight excluding hydrogens is 339 g/mol. The molecule has 0 saturated carbocycles. The Morgan fingerprint density at radius 2 is 2.25 bits per heavy atom. The average molecular weight is 357 g/mol. The van der Waals surface area contributed by atoms with Crippen LogP contribution in [0.4, 0.5) is 0 Å². The second-order valence-electron chi connectivity index (χ2n) is 4.84. The zero-order valence-corrected chi connectivity index (χ0v) is 14.4. The van der Waals surface area contributed by atoms with Crippen molar-refractivity contribution in [1.29, 1.82) is 0 Å². The summed E-state index contributed by atoms with van der Waals surface area (Å²) in [5, 5.41) is 3.38. The first-order valence-corrected chi connectivity index (χ1v) is 9.64. The molecule has 8 heteroatoms. The van der Waals surface area contributed by atoms with Gasteiger partial charge in [-0.2, -0.15) is 4.31 Å². The smallest absolute Gasteiger partial charge is 0.245 e. The molecule has 1 aliphatic heterocycles. The molecule has 0 radical (unpaired) electrons. The summed E-state index contributed by atoms with van der Waals surface area (Å²) in [6, 6.07) is 1.65. The van der Waals surface area contributed by atoms with Crippen LogP contribution in [0.1, 0.15) is 26.2 Å². The molecule has 1 unspecified atom stereocenters. The van der Waals surface area contributed by atoms with E-state index in [1.165, 1.54) is 10.4 Å². The number of thiophene rings is 1. The molecule has 1 aromatic heterocycles. The second kappa shape index (κ2) is 6.94. The van der Waals surface area contributed by atoms with Gasteiger partial charge in [-0.15, -0.1) is 11.3 Å². The lowest BCUT2D eigenvalue weighted by Crippen LogP contribution is -2.48.